The second-order valence-corrected chi connectivity index (χ2v) is 7.76. The van der Waals surface area contributed by atoms with Gasteiger partial charge < -0.3 is 19.0 Å². The van der Waals surface area contributed by atoms with Crippen LogP contribution in [-0.2, 0) is 9.57 Å². The van der Waals surface area contributed by atoms with Gasteiger partial charge in [-0.1, -0.05) is 51.6 Å². The van der Waals surface area contributed by atoms with E-state index in [1.165, 1.54) is 6.08 Å². The molecule has 0 saturated heterocycles. The van der Waals surface area contributed by atoms with Crippen molar-refractivity contribution in [2.24, 2.45) is 5.16 Å². The molecular weight excluding hydrogens is 424 g/mol. The summed E-state index contributed by atoms with van der Waals surface area (Å²) in [6.45, 7) is 6.85. The molecule has 9 heteroatoms. The summed E-state index contributed by atoms with van der Waals surface area (Å²) >= 11 is 23.3. The highest BCUT2D eigenvalue weighted by atomic mass is 35.5. The third-order valence-electron chi connectivity index (χ3n) is 2.53. The second kappa shape index (κ2) is 11.8. The first kappa shape index (κ1) is 23.2. The summed E-state index contributed by atoms with van der Waals surface area (Å²) in [5.41, 5.74) is -0.324. The van der Waals surface area contributed by atoms with Crippen LogP contribution in [0.25, 0.3) is 0 Å². The van der Waals surface area contributed by atoms with Crippen LogP contribution in [0.15, 0.2) is 27.9 Å². The van der Waals surface area contributed by atoms with Gasteiger partial charge in [0.2, 0.25) is 0 Å². The maximum atomic E-state index is 6.16. The molecular formula is C17H21Cl4NO4. The Morgan fingerprint density at radius 3 is 2.27 bits per heavy atom. The van der Waals surface area contributed by atoms with Gasteiger partial charge in [-0.3, -0.25) is 0 Å². The predicted molar refractivity (Wildman–Crippen MR) is 107 cm³/mol. The summed E-state index contributed by atoms with van der Waals surface area (Å²) in [4.78, 5) is 5.18. The van der Waals surface area contributed by atoms with Crippen molar-refractivity contribution in [2.75, 3.05) is 26.4 Å². The molecule has 0 fully saturated rings. The standard InChI is InChI=1S/C17H21Cl4NO4/c1-17(2,3)26-22-5-7-23-8-9-25-16-13(18)10-12(11-14(16)19)24-6-4-15(20)21/h4-5,10-11H,6-9H2,1-3H3/b22-5-. The summed E-state index contributed by atoms with van der Waals surface area (Å²) in [6, 6.07) is 3.19. The summed E-state index contributed by atoms with van der Waals surface area (Å²) in [5, 5.41) is 4.46. The molecule has 1 aromatic carbocycles. The highest BCUT2D eigenvalue weighted by molar-refractivity contribution is 6.55. The average molecular weight is 445 g/mol. The molecule has 0 amide bonds. The van der Waals surface area contributed by atoms with Crippen LogP contribution in [0.3, 0.4) is 0 Å². The quantitative estimate of drug-likeness (QED) is 0.256. The first-order valence-electron chi connectivity index (χ1n) is 7.72. The summed E-state index contributed by atoms with van der Waals surface area (Å²) in [6.07, 6.45) is 3.04. The normalized spacial score (nSPS) is 11.5. The molecule has 0 aliphatic carbocycles. The molecule has 0 unspecified atom stereocenters. The number of hydrogen-bond donors (Lipinski definition) is 0. The van der Waals surface area contributed by atoms with Crippen LogP contribution in [0, 0.1) is 0 Å². The Morgan fingerprint density at radius 1 is 1.04 bits per heavy atom. The number of rotatable bonds is 10. The van der Waals surface area contributed by atoms with Crippen molar-refractivity contribution in [3.05, 3.63) is 32.7 Å². The van der Waals surface area contributed by atoms with Gasteiger partial charge >= 0.3 is 0 Å². The van der Waals surface area contributed by atoms with E-state index < -0.39 is 0 Å². The van der Waals surface area contributed by atoms with Crippen LogP contribution >= 0.6 is 46.4 Å². The minimum atomic E-state index is -0.324. The Hall–Kier alpha value is -0.850. The van der Waals surface area contributed by atoms with Crippen molar-refractivity contribution < 1.29 is 19.0 Å². The van der Waals surface area contributed by atoms with Crippen LogP contribution in [0.5, 0.6) is 11.5 Å². The van der Waals surface area contributed by atoms with Crippen molar-refractivity contribution in [3.63, 3.8) is 0 Å². The number of halogens is 4. The molecule has 5 nitrogen and oxygen atoms in total. The van der Waals surface area contributed by atoms with Gasteiger partial charge in [-0.05, 0) is 26.8 Å². The molecule has 1 rings (SSSR count). The maximum Gasteiger partial charge on any atom is 0.156 e. The van der Waals surface area contributed by atoms with Gasteiger partial charge in [0.25, 0.3) is 0 Å². The zero-order valence-corrected chi connectivity index (χ0v) is 17.8. The number of oxime groups is 1. The monoisotopic (exact) mass is 443 g/mol. The minimum absolute atomic E-state index is 0.122. The van der Waals surface area contributed by atoms with E-state index in [-0.39, 0.29) is 23.3 Å². The van der Waals surface area contributed by atoms with E-state index in [2.05, 4.69) is 5.16 Å². The second-order valence-electron chi connectivity index (χ2n) is 5.94. The molecule has 1 aromatic rings. The molecule has 0 atom stereocenters. The van der Waals surface area contributed by atoms with Gasteiger partial charge in [0.1, 0.15) is 29.1 Å². The lowest BCUT2D eigenvalue weighted by molar-refractivity contribution is 0.000529. The van der Waals surface area contributed by atoms with Crippen molar-refractivity contribution >= 4 is 52.6 Å². The van der Waals surface area contributed by atoms with Crippen molar-refractivity contribution in [1.29, 1.82) is 0 Å². The molecule has 146 valence electrons. The van der Waals surface area contributed by atoms with Crippen LogP contribution in [0.1, 0.15) is 20.8 Å². The molecule has 26 heavy (non-hydrogen) atoms. The average Bonchev–Trinajstić information content (AvgIpc) is 2.50. The number of nitrogens with zero attached hydrogens (tertiary/aromatic N) is 1. The lowest BCUT2D eigenvalue weighted by atomic mass is 10.2. The van der Waals surface area contributed by atoms with Gasteiger partial charge in [0.05, 0.1) is 29.5 Å². The molecule has 0 heterocycles. The van der Waals surface area contributed by atoms with Gasteiger partial charge in [0, 0.05) is 12.1 Å². The maximum absolute atomic E-state index is 6.16. The number of hydrogen-bond acceptors (Lipinski definition) is 5. The Labute approximate surface area is 173 Å². The van der Waals surface area contributed by atoms with E-state index in [4.69, 9.17) is 65.5 Å². The fourth-order valence-corrected chi connectivity index (χ4v) is 2.23. The van der Waals surface area contributed by atoms with E-state index in [1.807, 2.05) is 20.8 Å². The summed E-state index contributed by atoms with van der Waals surface area (Å²) in [7, 11) is 0. The molecule has 0 bridgehead atoms. The largest absolute Gasteiger partial charge is 0.489 e. The first-order chi connectivity index (χ1) is 12.2. The SMILES string of the molecule is CC(C)(C)O/N=C\COCCOc1c(Cl)cc(OCC=C(Cl)Cl)cc1Cl. The Balaban J connectivity index is 2.37. The molecule has 0 aliphatic rings. The molecule has 0 aromatic heterocycles. The van der Waals surface area contributed by atoms with E-state index >= 15 is 0 Å². The Bertz CT molecular complexity index is 603. The zero-order chi connectivity index (χ0) is 19.6. The van der Waals surface area contributed by atoms with Gasteiger partial charge in [-0.25, -0.2) is 0 Å². The molecule has 0 aliphatic heterocycles. The summed E-state index contributed by atoms with van der Waals surface area (Å²) < 4.78 is 16.4. The molecule has 0 N–H and O–H groups in total. The fourth-order valence-electron chi connectivity index (χ4n) is 1.52. The lowest BCUT2D eigenvalue weighted by Gasteiger charge is -2.14. The van der Waals surface area contributed by atoms with Gasteiger partial charge in [-0.15, -0.1) is 0 Å². The minimum Gasteiger partial charge on any atom is -0.489 e. The third kappa shape index (κ3) is 10.3. The topological polar surface area (TPSA) is 49.3 Å². The van der Waals surface area contributed by atoms with E-state index in [0.717, 1.165) is 0 Å². The van der Waals surface area contributed by atoms with Gasteiger partial charge in [0.15, 0.2) is 5.75 Å². The van der Waals surface area contributed by atoms with Crippen LogP contribution in [-0.4, -0.2) is 38.2 Å². The van der Waals surface area contributed by atoms with Crippen LogP contribution < -0.4 is 9.47 Å². The third-order valence-corrected chi connectivity index (χ3v) is 3.40. The van der Waals surface area contributed by atoms with Crippen molar-refractivity contribution in [3.8, 4) is 11.5 Å². The van der Waals surface area contributed by atoms with E-state index in [9.17, 15) is 0 Å². The first-order valence-corrected chi connectivity index (χ1v) is 9.24. The van der Waals surface area contributed by atoms with Crippen molar-refractivity contribution in [1.82, 2.24) is 0 Å². The Kier molecular flexibility index (Phi) is 10.5. The molecule has 0 radical (unpaired) electrons. The molecule has 0 spiro atoms. The van der Waals surface area contributed by atoms with Gasteiger partial charge in [-0.2, -0.15) is 0 Å². The smallest absolute Gasteiger partial charge is 0.156 e. The number of benzene rings is 1. The predicted octanol–water partition coefficient (Wildman–Crippen LogP) is 5.89. The van der Waals surface area contributed by atoms with E-state index in [0.29, 0.717) is 34.8 Å². The van der Waals surface area contributed by atoms with Crippen molar-refractivity contribution in [2.45, 2.75) is 26.4 Å². The highest BCUT2D eigenvalue weighted by Crippen LogP contribution is 2.36. The molecule has 0 saturated carbocycles. The zero-order valence-electron chi connectivity index (χ0n) is 14.7. The number of ether oxygens (including phenoxy) is 3. The van der Waals surface area contributed by atoms with Crippen LogP contribution in [0.4, 0.5) is 0 Å². The fraction of sp³-hybridized carbons (Fsp3) is 0.471. The Morgan fingerprint density at radius 2 is 1.69 bits per heavy atom. The lowest BCUT2D eigenvalue weighted by Crippen LogP contribution is -2.16. The van der Waals surface area contributed by atoms with E-state index in [1.54, 1.807) is 18.3 Å². The highest BCUT2D eigenvalue weighted by Gasteiger charge is 2.11. The summed E-state index contributed by atoms with van der Waals surface area (Å²) in [5.74, 6) is 0.837. The van der Waals surface area contributed by atoms with Crippen LogP contribution in [0.2, 0.25) is 10.0 Å².